The number of hydrogen-bond acceptors (Lipinski definition) is 3. The fraction of sp³-hybridized carbons (Fsp3) is 0.400. The first-order valence-electron chi connectivity index (χ1n) is 8.71. The third-order valence-electron chi connectivity index (χ3n) is 5.47. The number of nitrogens with one attached hydrogen (secondary N) is 1. The van der Waals surface area contributed by atoms with E-state index >= 15 is 0 Å². The van der Waals surface area contributed by atoms with Crippen LogP contribution in [0, 0.1) is 5.92 Å². The molecule has 2 aromatic carbocycles. The van der Waals surface area contributed by atoms with E-state index in [9.17, 15) is 14.7 Å². The zero-order valence-corrected chi connectivity index (χ0v) is 14.7. The molecule has 4 rings (SSSR count). The Balaban J connectivity index is 1.52. The van der Waals surface area contributed by atoms with E-state index in [1.807, 2.05) is 18.2 Å². The first kappa shape index (κ1) is 16.5. The van der Waals surface area contributed by atoms with Crippen molar-refractivity contribution in [3.05, 3.63) is 48.0 Å². The number of fused-ring (bicyclic) bond motifs is 1. The molecular formula is C20H21NO3S. The molecule has 2 aromatic rings. The van der Waals surface area contributed by atoms with Gasteiger partial charge in [-0.3, -0.25) is 4.79 Å². The van der Waals surface area contributed by atoms with Crippen molar-refractivity contribution in [2.45, 2.75) is 30.7 Å². The van der Waals surface area contributed by atoms with Crippen molar-refractivity contribution < 1.29 is 14.7 Å². The molecule has 0 spiro atoms. The zero-order valence-electron chi connectivity index (χ0n) is 13.9. The summed E-state index contributed by atoms with van der Waals surface area (Å²) in [6.45, 7) is 0. The molecule has 2 atom stereocenters. The average Bonchev–Trinajstić information content (AvgIpc) is 3.42. The average molecular weight is 355 g/mol. The van der Waals surface area contributed by atoms with Gasteiger partial charge in [0, 0.05) is 5.92 Å². The minimum absolute atomic E-state index is 0.104. The van der Waals surface area contributed by atoms with Crippen LogP contribution in [0.5, 0.6) is 0 Å². The van der Waals surface area contributed by atoms with Crippen molar-refractivity contribution in [2.24, 2.45) is 5.92 Å². The molecule has 1 saturated carbocycles. The van der Waals surface area contributed by atoms with Gasteiger partial charge in [-0.2, -0.15) is 11.8 Å². The first-order chi connectivity index (χ1) is 12.1. The molecule has 1 saturated heterocycles. The van der Waals surface area contributed by atoms with Crippen LogP contribution >= 0.6 is 11.8 Å². The topological polar surface area (TPSA) is 66.4 Å². The molecule has 1 aliphatic heterocycles. The summed E-state index contributed by atoms with van der Waals surface area (Å²) in [4.78, 5) is 24.5. The van der Waals surface area contributed by atoms with E-state index in [-0.39, 0.29) is 17.7 Å². The second-order valence-electron chi connectivity index (χ2n) is 7.01. The Kier molecular flexibility index (Phi) is 4.20. The van der Waals surface area contributed by atoms with Gasteiger partial charge >= 0.3 is 5.97 Å². The number of amides is 1. The van der Waals surface area contributed by atoms with E-state index in [1.165, 1.54) is 16.3 Å². The van der Waals surface area contributed by atoms with Gasteiger partial charge in [-0.15, -0.1) is 0 Å². The highest BCUT2D eigenvalue weighted by Crippen LogP contribution is 2.50. The van der Waals surface area contributed by atoms with Crippen molar-refractivity contribution in [3.63, 3.8) is 0 Å². The third-order valence-corrected chi connectivity index (χ3v) is 6.45. The minimum Gasteiger partial charge on any atom is -0.480 e. The highest BCUT2D eigenvalue weighted by atomic mass is 32.2. The number of carbonyl (C=O) groups is 2. The summed E-state index contributed by atoms with van der Waals surface area (Å²) in [6, 6.07) is 14.4. The molecule has 1 amide bonds. The van der Waals surface area contributed by atoms with Gasteiger partial charge in [-0.1, -0.05) is 42.5 Å². The number of thioether (sulfide) groups is 1. The molecule has 1 aliphatic carbocycles. The molecule has 130 valence electrons. The van der Waals surface area contributed by atoms with Crippen molar-refractivity contribution in [1.82, 2.24) is 5.32 Å². The predicted octanol–water partition coefficient (Wildman–Crippen LogP) is 3.41. The summed E-state index contributed by atoms with van der Waals surface area (Å²) in [5.74, 6) is 0.635. The van der Waals surface area contributed by atoms with Crippen molar-refractivity contribution in [1.29, 1.82) is 0 Å². The molecule has 5 heteroatoms. The number of benzene rings is 2. The molecule has 1 heterocycles. The number of aliphatic carboxylic acids is 1. The van der Waals surface area contributed by atoms with Crippen LogP contribution in [0.15, 0.2) is 42.5 Å². The fourth-order valence-electron chi connectivity index (χ4n) is 3.84. The van der Waals surface area contributed by atoms with Gasteiger partial charge in [0.15, 0.2) is 0 Å². The van der Waals surface area contributed by atoms with Gasteiger partial charge in [0.1, 0.15) is 5.54 Å². The smallest absolute Gasteiger partial charge is 0.329 e. The largest absolute Gasteiger partial charge is 0.480 e. The van der Waals surface area contributed by atoms with Crippen LogP contribution in [-0.4, -0.2) is 34.0 Å². The fourth-order valence-corrected chi connectivity index (χ4v) is 5.03. The summed E-state index contributed by atoms with van der Waals surface area (Å²) in [5.41, 5.74) is 0.121. The lowest BCUT2D eigenvalue weighted by Crippen LogP contribution is -2.57. The maximum absolute atomic E-state index is 12.7. The van der Waals surface area contributed by atoms with E-state index in [0.29, 0.717) is 12.8 Å². The summed E-state index contributed by atoms with van der Waals surface area (Å²) >= 11 is 1.75. The molecule has 25 heavy (non-hydrogen) atoms. The van der Waals surface area contributed by atoms with E-state index in [2.05, 4.69) is 29.6 Å². The zero-order chi connectivity index (χ0) is 17.4. The molecule has 0 aromatic heterocycles. The minimum atomic E-state index is -1.08. The van der Waals surface area contributed by atoms with Gasteiger partial charge in [0.05, 0.1) is 0 Å². The molecule has 0 bridgehead atoms. The van der Waals surface area contributed by atoms with E-state index in [0.717, 1.165) is 17.9 Å². The first-order valence-corrected chi connectivity index (χ1v) is 9.87. The normalized spacial score (nSPS) is 24.6. The molecule has 2 aliphatic rings. The van der Waals surface area contributed by atoms with Gasteiger partial charge in [-0.05, 0) is 53.0 Å². The van der Waals surface area contributed by atoms with Crippen LogP contribution < -0.4 is 5.32 Å². The quantitative estimate of drug-likeness (QED) is 0.882. The van der Waals surface area contributed by atoms with Gasteiger partial charge < -0.3 is 10.4 Å². The van der Waals surface area contributed by atoms with E-state index in [1.54, 1.807) is 11.8 Å². The molecule has 0 radical (unpaired) electrons. The molecule has 2 N–H and O–H groups in total. The second-order valence-corrected chi connectivity index (χ2v) is 8.23. The van der Waals surface area contributed by atoms with Crippen LogP contribution in [0.1, 0.15) is 30.7 Å². The van der Waals surface area contributed by atoms with Gasteiger partial charge in [0.25, 0.3) is 0 Å². The van der Waals surface area contributed by atoms with Crippen LogP contribution in [0.4, 0.5) is 0 Å². The Hall–Kier alpha value is -2.01. The standard InChI is InChI=1S/C20H21NO3S/c22-18(21-20(19(23)24)8-10-25-11-9-20)17-12-16(17)15-7-3-5-13-4-1-2-6-14(13)15/h1-7,16-17H,8-12H2,(H,21,22)(H,23,24). The number of hydrogen-bond donors (Lipinski definition) is 2. The molecule has 2 fully saturated rings. The molecule has 2 unspecified atom stereocenters. The maximum Gasteiger partial charge on any atom is 0.329 e. The van der Waals surface area contributed by atoms with Crippen LogP contribution in [0.25, 0.3) is 10.8 Å². The monoisotopic (exact) mass is 355 g/mol. The lowest BCUT2D eigenvalue weighted by molar-refractivity contribution is -0.148. The highest BCUT2D eigenvalue weighted by Gasteiger charge is 2.49. The SMILES string of the molecule is O=C(NC1(C(=O)O)CCSCC1)C1CC1c1cccc2ccccc12. The van der Waals surface area contributed by atoms with Crippen LogP contribution in [-0.2, 0) is 9.59 Å². The van der Waals surface area contributed by atoms with Crippen molar-refractivity contribution >= 4 is 34.4 Å². The Morgan fingerprint density at radius 3 is 2.56 bits per heavy atom. The van der Waals surface area contributed by atoms with Crippen molar-refractivity contribution in [2.75, 3.05) is 11.5 Å². The number of rotatable bonds is 4. The summed E-state index contributed by atoms with van der Waals surface area (Å²) in [6.07, 6.45) is 1.80. The number of carbonyl (C=O) groups excluding carboxylic acids is 1. The Morgan fingerprint density at radius 2 is 1.80 bits per heavy atom. The second kappa shape index (κ2) is 6.37. The van der Waals surface area contributed by atoms with Gasteiger partial charge in [0.2, 0.25) is 5.91 Å². The summed E-state index contributed by atoms with van der Waals surface area (Å²) < 4.78 is 0. The number of carboxylic acids is 1. The van der Waals surface area contributed by atoms with E-state index < -0.39 is 11.5 Å². The molecule has 4 nitrogen and oxygen atoms in total. The van der Waals surface area contributed by atoms with Crippen LogP contribution in [0.3, 0.4) is 0 Å². The van der Waals surface area contributed by atoms with E-state index in [4.69, 9.17) is 0 Å². The molecular weight excluding hydrogens is 334 g/mol. The Bertz CT molecular complexity index is 823. The summed E-state index contributed by atoms with van der Waals surface area (Å²) in [7, 11) is 0. The Labute approximate surface area is 151 Å². The third kappa shape index (κ3) is 3.01. The van der Waals surface area contributed by atoms with Crippen LogP contribution in [0.2, 0.25) is 0 Å². The number of carboxylic acid groups (broad SMARTS) is 1. The van der Waals surface area contributed by atoms with Gasteiger partial charge in [-0.25, -0.2) is 4.79 Å². The lowest BCUT2D eigenvalue weighted by Gasteiger charge is -2.33. The Morgan fingerprint density at radius 1 is 1.08 bits per heavy atom. The predicted molar refractivity (Wildman–Crippen MR) is 99.9 cm³/mol. The summed E-state index contributed by atoms with van der Waals surface area (Å²) in [5, 5.41) is 14.9. The highest BCUT2D eigenvalue weighted by molar-refractivity contribution is 7.99. The lowest BCUT2D eigenvalue weighted by atomic mass is 9.91. The maximum atomic E-state index is 12.7. The van der Waals surface area contributed by atoms with Crippen molar-refractivity contribution in [3.8, 4) is 0 Å².